The Morgan fingerprint density at radius 1 is 1.33 bits per heavy atom. The Morgan fingerprint density at radius 2 is 2.14 bits per heavy atom. The summed E-state index contributed by atoms with van der Waals surface area (Å²) in [7, 11) is 0. The Kier molecular flexibility index (Phi) is 6.50. The average molecular weight is 291 g/mol. The van der Waals surface area contributed by atoms with Crippen molar-refractivity contribution in [2.24, 2.45) is 5.73 Å². The minimum Gasteiger partial charge on any atom is -0.445 e. The summed E-state index contributed by atoms with van der Waals surface area (Å²) >= 11 is 0. The van der Waals surface area contributed by atoms with Gasteiger partial charge in [-0.15, -0.1) is 0 Å². The number of nitrogens with zero attached hydrogens (tertiary/aromatic N) is 1. The van der Waals surface area contributed by atoms with E-state index in [4.69, 9.17) is 10.5 Å². The summed E-state index contributed by atoms with van der Waals surface area (Å²) in [6.07, 6.45) is 2.97. The molecule has 3 N–H and O–H groups in total. The molecule has 0 saturated carbocycles. The maximum absolute atomic E-state index is 12.1. The van der Waals surface area contributed by atoms with Crippen molar-refractivity contribution in [3.05, 3.63) is 35.9 Å². The van der Waals surface area contributed by atoms with Crippen LogP contribution in [0.5, 0.6) is 0 Å². The number of rotatable bonds is 6. The number of hydrogen-bond acceptors (Lipinski definition) is 4. The first-order valence-corrected chi connectivity index (χ1v) is 7.68. The lowest BCUT2D eigenvalue weighted by molar-refractivity contribution is 0.0840. The molecule has 0 aliphatic carbocycles. The number of nitrogens with one attached hydrogen (secondary N) is 1. The van der Waals surface area contributed by atoms with Gasteiger partial charge in [0, 0.05) is 25.7 Å². The van der Waals surface area contributed by atoms with Crippen molar-refractivity contribution in [1.82, 2.24) is 10.2 Å². The fourth-order valence-electron chi connectivity index (χ4n) is 2.53. The smallest absolute Gasteiger partial charge is 0.410 e. The molecule has 1 amide bonds. The number of nitrogens with two attached hydrogens (primary N) is 1. The van der Waals surface area contributed by atoms with Crippen LogP contribution in [0, 0.1) is 0 Å². The molecule has 1 aromatic rings. The van der Waals surface area contributed by atoms with Crippen LogP contribution in [0.3, 0.4) is 0 Å². The SMILES string of the molecule is NCCCC[C@H]1CN(C(=O)OCc2ccccc2)CCN1. The van der Waals surface area contributed by atoms with Gasteiger partial charge in [0.2, 0.25) is 0 Å². The number of carbonyl (C=O) groups is 1. The normalized spacial score (nSPS) is 18.5. The van der Waals surface area contributed by atoms with Gasteiger partial charge >= 0.3 is 6.09 Å². The van der Waals surface area contributed by atoms with Crippen LogP contribution in [-0.4, -0.2) is 43.2 Å². The number of benzene rings is 1. The molecule has 1 saturated heterocycles. The number of amides is 1. The second-order valence-corrected chi connectivity index (χ2v) is 5.42. The molecule has 5 nitrogen and oxygen atoms in total. The van der Waals surface area contributed by atoms with Crippen LogP contribution < -0.4 is 11.1 Å². The Balaban J connectivity index is 1.74. The zero-order valence-corrected chi connectivity index (χ0v) is 12.5. The molecule has 21 heavy (non-hydrogen) atoms. The van der Waals surface area contributed by atoms with Gasteiger partial charge in [-0.3, -0.25) is 0 Å². The fraction of sp³-hybridized carbons (Fsp3) is 0.562. The number of ether oxygens (including phenoxy) is 1. The molecule has 116 valence electrons. The maximum atomic E-state index is 12.1. The molecule has 1 aromatic carbocycles. The van der Waals surface area contributed by atoms with E-state index in [2.05, 4.69) is 5.32 Å². The van der Waals surface area contributed by atoms with E-state index in [0.29, 0.717) is 19.2 Å². The van der Waals surface area contributed by atoms with E-state index in [1.54, 1.807) is 4.90 Å². The second kappa shape index (κ2) is 8.64. The molecular weight excluding hydrogens is 266 g/mol. The second-order valence-electron chi connectivity index (χ2n) is 5.42. The highest BCUT2D eigenvalue weighted by molar-refractivity contribution is 5.67. The van der Waals surface area contributed by atoms with Gasteiger partial charge < -0.3 is 20.7 Å². The lowest BCUT2D eigenvalue weighted by atomic mass is 10.1. The van der Waals surface area contributed by atoms with E-state index in [-0.39, 0.29) is 6.09 Å². The summed E-state index contributed by atoms with van der Waals surface area (Å²) in [6, 6.07) is 10.1. The molecule has 1 heterocycles. The third-order valence-electron chi connectivity index (χ3n) is 3.73. The minimum atomic E-state index is -0.218. The third-order valence-corrected chi connectivity index (χ3v) is 3.73. The van der Waals surface area contributed by atoms with Gasteiger partial charge in [-0.2, -0.15) is 0 Å². The van der Waals surface area contributed by atoms with E-state index in [9.17, 15) is 4.79 Å². The van der Waals surface area contributed by atoms with Crippen molar-refractivity contribution >= 4 is 6.09 Å². The summed E-state index contributed by atoms with van der Waals surface area (Å²) < 4.78 is 5.38. The highest BCUT2D eigenvalue weighted by Crippen LogP contribution is 2.09. The van der Waals surface area contributed by atoms with E-state index >= 15 is 0 Å². The number of hydrogen-bond donors (Lipinski definition) is 2. The van der Waals surface area contributed by atoms with Crippen LogP contribution in [0.1, 0.15) is 24.8 Å². The molecule has 1 atom stereocenters. The number of piperazine rings is 1. The first kappa shape index (κ1) is 15.8. The first-order valence-electron chi connectivity index (χ1n) is 7.68. The highest BCUT2D eigenvalue weighted by atomic mass is 16.6. The maximum Gasteiger partial charge on any atom is 0.410 e. The van der Waals surface area contributed by atoms with Gasteiger partial charge in [0.15, 0.2) is 0 Å². The molecular formula is C16H25N3O2. The monoisotopic (exact) mass is 291 g/mol. The predicted octanol–water partition coefficient (Wildman–Crippen LogP) is 1.73. The molecule has 0 aromatic heterocycles. The van der Waals surface area contributed by atoms with Crippen LogP contribution in [0.2, 0.25) is 0 Å². The molecule has 1 aliphatic heterocycles. The minimum absolute atomic E-state index is 0.218. The van der Waals surface area contributed by atoms with Crippen LogP contribution in [0.4, 0.5) is 4.79 Å². The van der Waals surface area contributed by atoms with Crippen LogP contribution >= 0.6 is 0 Å². The Morgan fingerprint density at radius 3 is 2.90 bits per heavy atom. The summed E-state index contributed by atoms with van der Waals surface area (Å²) in [5.41, 5.74) is 6.52. The Hall–Kier alpha value is -1.59. The summed E-state index contributed by atoms with van der Waals surface area (Å²) in [5, 5.41) is 3.45. The van der Waals surface area contributed by atoms with Gasteiger partial charge in [0.1, 0.15) is 6.61 Å². The van der Waals surface area contributed by atoms with Crippen LogP contribution in [0.15, 0.2) is 30.3 Å². The number of carbonyl (C=O) groups excluding carboxylic acids is 1. The zero-order valence-electron chi connectivity index (χ0n) is 12.5. The van der Waals surface area contributed by atoms with Crippen molar-refractivity contribution in [3.63, 3.8) is 0 Å². The lowest BCUT2D eigenvalue weighted by Crippen LogP contribution is -2.52. The quantitative estimate of drug-likeness (QED) is 0.783. The topological polar surface area (TPSA) is 67.6 Å². The Labute approximate surface area is 126 Å². The summed E-state index contributed by atoms with van der Waals surface area (Å²) in [5.74, 6) is 0. The van der Waals surface area contributed by atoms with E-state index in [1.165, 1.54) is 0 Å². The van der Waals surface area contributed by atoms with Crippen molar-refractivity contribution in [2.75, 3.05) is 26.2 Å². The van der Waals surface area contributed by atoms with Crippen LogP contribution in [0.25, 0.3) is 0 Å². The van der Waals surface area contributed by atoms with E-state index < -0.39 is 0 Å². The molecule has 0 spiro atoms. The van der Waals surface area contributed by atoms with Gasteiger partial charge in [-0.25, -0.2) is 4.79 Å². The van der Waals surface area contributed by atoms with Crippen molar-refractivity contribution in [2.45, 2.75) is 31.9 Å². The number of unbranched alkanes of at least 4 members (excludes halogenated alkanes) is 1. The van der Waals surface area contributed by atoms with Crippen molar-refractivity contribution in [1.29, 1.82) is 0 Å². The highest BCUT2D eigenvalue weighted by Gasteiger charge is 2.23. The van der Waals surface area contributed by atoms with Gasteiger partial charge in [-0.1, -0.05) is 36.8 Å². The molecule has 0 bridgehead atoms. The largest absolute Gasteiger partial charge is 0.445 e. The standard InChI is InChI=1S/C16H25N3O2/c17-9-5-4-8-15-12-19(11-10-18-15)16(20)21-13-14-6-2-1-3-7-14/h1-3,6-7,15,18H,4-5,8-13,17H2/t15-/m0/s1. The lowest BCUT2D eigenvalue weighted by Gasteiger charge is -2.33. The van der Waals surface area contributed by atoms with E-state index in [1.807, 2.05) is 30.3 Å². The van der Waals surface area contributed by atoms with Crippen LogP contribution in [-0.2, 0) is 11.3 Å². The van der Waals surface area contributed by atoms with E-state index in [0.717, 1.165) is 44.5 Å². The molecule has 0 unspecified atom stereocenters. The zero-order chi connectivity index (χ0) is 14.9. The fourth-order valence-corrected chi connectivity index (χ4v) is 2.53. The molecule has 1 fully saturated rings. The van der Waals surface area contributed by atoms with Gasteiger partial charge in [-0.05, 0) is 24.9 Å². The predicted molar refractivity (Wildman–Crippen MR) is 82.9 cm³/mol. The van der Waals surface area contributed by atoms with Crippen molar-refractivity contribution in [3.8, 4) is 0 Å². The van der Waals surface area contributed by atoms with Gasteiger partial charge in [0.25, 0.3) is 0 Å². The third kappa shape index (κ3) is 5.36. The first-order chi connectivity index (χ1) is 10.3. The Bertz CT molecular complexity index is 425. The van der Waals surface area contributed by atoms with Crippen molar-refractivity contribution < 1.29 is 9.53 Å². The summed E-state index contributed by atoms with van der Waals surface area (Å²) in [4.78, 5) is 13.9. The van der Waals surface area contributed by atoms with Gasteiger partial charge in [0.05, 0.1) is 0 Å². The molecule has 0 radical (unpaired) electrons. The average Bonchev–Trinajstić information content (AvgIpc) is 2.54. The molecule has 1 aliphatic rings. The molecule has 5 heteroatoms. The summed E-state index contributed by atoms with van der Waals surface area (Å²) in [6.45, 7) is 3.32. The molecule has 2 rings (SSSR count).